The summed E-state index contributed by atoms with van der Waals surface area (Å²) in [5.74, 6) is -2.81. The first-order chi connectivity index (χ1) is 11.0. The predicted molar refractivity (Wildman–Crippen MR) is 81.3 cm³/mol. The molecule has 0 spiro atoms. The predicted octanol–water partition coefficient (Wildman–Crippen LogP) is 2.46. The van der Waals surface area contributed by atoms with E-state index in [2.05, 4.69) is 10.3 Å². The molecule has 3 rings (SSSR count). The van der Waals surface area contributed by atoms with Crippen molar-refractivity contribution >= 4 is 22.6 Å². The standard InChI is InChI=1S/C16H11F2N3O2/c1-21-14-9(3-2-6-19-14)7-11(16(21)23)15(22)20-10-4-5-12(17)13(18)8-10/h2-8H,1H3,(H,20,22). The molecule has 0 unspecified atom stereocenters. The van der Waals surface area contributed by atoms with Crippen molar-refractivity contribution < 1.29 is 13.6 Å². The number of nitrogens with one attached hydrogen (secondary N) is 1. The van der Waals surface area contributed by atoms with Crippen molar-refractivity contribution in [1.82, 2.24) is 9.55 Å². The van der Waals surface area contributed by atoms with Crippen LogP contribution in [0.1, 0.15) is 10.4 Å². The van der Waals surface area contributed by atoms with E-state index in [0.29, 0.717) is 11.0 Å². The Morgan fingerprint density at radius 3 is 2.70 bits per heavy atom. The Hall–Kier alpha value is -3.09. The number of anilines is 1. The van der Waals surface area contributed by atoms with Crippen LogP contribution in [0.25, 0.3) is 11.0 Å². The largest absolute Gasteiger partial charge is 0.322 e. The van der Waals surface area contributed by atoms with Gasteiger partial charge < -0.3 is 5.32 Å². The van der Waals surface area contributed by atoms with Crippen LogP contribution < -0.4 is 10.9 Å². The van der Waals surface area contributed by atoms with E-state index in [0.717, 1.165) is 12.1 Å². The summed E-state index contributed by atoms with van der Waals surface area (Å²) in [7, 11) is 1.51. The summed E-state index contributed by atoms with van der Waals surface area (Å²) in [4.78, 5) is 28.6. The number of rotatable bonds is 2. The molecule has 3 aromatic rings. The average Bonchev–Trinajstić information content (AvgIpc) is 2.54. The van der Waals surface area contributed by atoms with Gasteiger partial charge in [0.2, 0.25) is 0 Å². The number of fused-ring (bicyclic) bond motifs is 1. The Kier molecular flexibility index (Phi) is 3.61. The molecule has 2 aromatic heterocycles. The highest BCUT2D eigenvalue weighted by Crippen LogP contribution is 2.15. The zero-order valence-corrected chi connectivity index (χ0v) is 12.0. The molecule has 0 fully saturated rings. The van der Waals surface area contributed by atoms with Crippen molar-refractivity contribution in [1.29, 1.82) is 0 Å². The van der Waals surface area contributed by atoms with Crippen LogP contribution in [-0.2, 0) is 7.05 Å². The van der Waals surface area contributed by atoms with Gasteiger partial charge in [0, 0.05) is 30.4 Å². The maximum absolute atomic E-state index is 13.2. The van der Waals surface area contributed by atoms with Crippen LogP contribution in [0.4, 0.5) is 14.5 Å². The van der Waals surface area contributed by atoms with Crippen LogP contribution in [0.3, 0.4) is 0 Å². The number of hydrogen-bond acceptors (Lipinski definition) is 3. The fourth-order valence-corrected chi connectivity index (χ4v) is 2.23. The minimum atomic E-state index is -1.08. The van der Waals surface area contributed by atoms with Gasteiger partial charge >= 0.3 is 0 Å². The molecule has 1 N–H and O–H groups in total. The van der Waals surface area contributed by atoms with Crippen molar-refractivity contribution in [3.8, 4) is 0 Å². The summed E-state index contributed by atoms with van der Waals surface area (Å²) in [5, 5.41) is 3.00. The average molecular weight is 315 g/mol. The number of pyridine rings is 2. The number of benzene rings is 1. The fourth-order valence-electron chi connectivity index (χ4n) is 2.23. The van der Waals surface area contributed by atoms with Gasteiger partial charge in [0.15, 0.2) is 11.6 Å². The van der Waals surface area contributed by atoms with Gasteiger partial charge in [-0.25, -0.2) is 13.8 Å². The molecule has 5 nitrogen and oxygen atoms in total. The second-order valence-electron chi connectivity index (χ2n) is 4.92. The number of amides is 1. The topological polar surface area (TPSA) is 64.0 Å². The summed E-state index contributed by atoms with van der Waals surface area (Å²) in [6.07, 6.45) is 1.54. The van der Waals surface area contributed by atoms with Gasteiger partial charge in [-0.15, -0.1) is 0 Å². The lowest BCUT2D eigenvalue weighted by molar-refractivity contribution is 0.102. The lowest BCUT2D eigenvalue weighted by Crippen LogP contribution is -2.28. The van der Waals surface area contributed by atoms with Gasteiger partial charge in [0.1, 0.15) is 11.2 Å². The molecule has 0 aliphatic heterocycles. The number of halogens is 2. The molecular weight excluding hydrogens is 304 g/mol. The zero-order chi connectivity index (χ0) is 16.6. The molecule has 0 radical (unpaired) electrons. The lowest BCUT2D eigenvalue weighted by Gasteiger charge is -2.09. The van der Waals surface area contributed by atoms with Gasteiger partial charge in [-0.2, -0.15) is 0 Å². The Bertz CT molecular complexity index is 983. The number of aryl methyl sites for hydroxylation is 1. The van der Waals surface area contributed by atoms with E-state index in [4.69, 9.17) is 0 Å². The number of carbonyl (C=O) groups is 1. The minimum Gasteiger partial charge on any atom is -0.322 e. The van der Waals surface area contributed by atoms with Gasteiger partial charge in [0.05, 0.1) is 0 Å². The second-order valence-corrected chi connectivity index (χ2v) is 4.92. The van der Waals surface area contributed by atoms with E-state index in [1.54, 1.807) is 18.3 Å². The molecule has 0 bridgehead atoms. The molecule has 116 valence electrons. The first-order valence-electron chi connectivity index (χ1n) is 6.68. The maximum atomic E-state index is 13.2. The SMILES string of the molecule is Cn1c(=O)c(C(=O)Nc2ccc(F)c(F)c2)cc2cccnc21. The van der Waals surface area contributed by atoms with Crippen molar-refractivity contribution in [3.63, 3.8) is 0 Å². The van der Waals surface area contributed by atoms with E-state index in [9.17, 15) is 18.4 Å². The molecule has 1 amide bonds. The number of carbonyl (C=O) groups excluding carboxylic acids is 1. The van der Waals surface area contributed by atoms with Crippen molar-refractivity contribution in [2.75, 3.05) is 5.32 Å². The van der Waals surface area contributed by atoms with Crippen molar-refractivity contribution in [2.45, 2.75) is 0 Å². The monoisotopic (exact) mass is 315 g/mol. The third kappa shape index (κ3) is 2.68. The Morgan fingerprint density at radius 1 is 1.17 bits per heavy atom. The van der Waals surface area contributed by atoms with Gasteiger partial charge in [0.25, 0.3) is 11.5 Å². The summed E-state index contributed by atoms with van der Waals surface area (Å²) < 4.78 is 27.3. The highest BCUT2D eigenvalue weighted by Gasteiger charge is 2.15. The molecule has 0 aliphatic rings. The lowest BCUT2D eigenvalue weighted by atomic mass is 10.2. The van der Waals surface area contributed by atoms with Crippen LogP contribution >= 0.6 is 0 Å². The zero-order valence-electron chi connectivity index (χ0n) is 12.0. The molecule has 2 heterocycles. The maximum Gasteiger partial charge on any atom is 0.264 e. The van der Waals surface area contributed by atoms with Crippen molar-refractivity contribution in [2.24, 2.45) is 7.05 Å². The Labute approximate surface area is 129 Å². The van der Waals surface area contributed by atoms with E-state index >= 15 is 0 Å². The molecule has 23 heavy (non-hydrogen) atoms. The third-order valence-corrected chi connectivity index (χ3v) is 3.39. The van der Waals surface area contributed by atoms with Crippen molar-refractivity contribution in [3.05, 3.63) is 70.1 Å². The van der Waals surface area contributed by atoms with Crippen LogP contribution in [0.15, 0.2) is 47.4 Å². The number of nitrogens with zero attached hydrogens (tertiary/aromatic N) is 2. The minimum absolute atomic E-state index is 0.0576. The molecule has 0 saturated carbocycles. The van der Waals surface area contributed by atoms with Gasteiger partial charge in [-0.1, -0.05) is 0 Å². The summed E-state index contributed by atoms with van der Waals surface area (Å²) in [5.41, 5.74) is -0.141. The van der Waals surface area contributed by atoms with Gasteiger partial charge in [-0.05, 0) is 30.3 Å². The van der Waals surface area contributed by atoms with E-state index in [1.165, 1.54) is 23.7 Å². The quantitative estimate of drug-likeness (QED) is 0.790. The smallest absolute Gasteiger partial charge is 0.264 e. The summed E-state index contributed by atoms with van der Waals surface area (Å²) in [6, 6.07) is 7.77. The molecule has 0 saturated heterocycles. The Morgan fingerprint density at radius 2 is 1.96 bits per heavy atom. The van der Waals surface area contributed by atoms with E-state index < -0.39 is 23.1 Å². The first-order valence-corrected chi connectivity index (χ1v) is 6.68. The molecule has 0 atom stereocenters. The molecule has 7 heteroatoms. The molecule has 0 aliphatic carbocycles. The number of aromatic nitrogens is 2. The van der Waals surface area contributed by atoms with Crippen LogP contribution in [0.2, 0.25) is 0 Å². The highest BCUT2D eigenvalue weighted by molar-refractivity contribution is 6.05. The van der Waals surface area contributed by atoms with E-state index in [-0.39, 0.29) is 11.3 Å². The Balaban J connectivity index is 2.02. The van der Waals surface area contributed by atoms with E-state index in [1.807, 2.05) is 0 Å². The molecular formula is C16H11F2N3O2. The fraction of sp³-hybridized carbons (Fsp3) is 0.0625. The third-order valence-electron chi connectivity index (χ3n) is 3.39. The summed E-state index contributed by atoms with van der Waals surface area (Å²) >= 11 is 0. The van der Waals surface area contributed by atoms with Crippen LogP contribution in [0.5, 0.6) is 0 Å². The highest BCUT2D eigenvalue weighted by atomic mass is 19.2. The first kappa shape index (κ1) is 14.8. The normalized spacial score (nSPS) is 10.7. The van der Waals surface area contributed by atoms with Gasteiger partial charge in [-0.3, -0.25) is 14.2 Å². The molecule has 1 aromatic carbocycles. The van der Waals surface area contributed by atoms with Crippen LogP contribution in [-0.4, -0.2) is 15.5 Å². The van der Waals surface area contributed by atoms with Crippen LogP contribution in [0, 0.1) is 11.6 Å². The second kappa shape index (κ2) is 5.60. The number of hydrogen-bond donors (Lipinski definition) is 1. The summed E-state index contributed by atoms with van der Waals surface area (Å²) in [6.45, 7) is 0.